The molecule has 0 amide bonds. The van der Waals surface area contributed by atoms with Crippen molar-refractivity contribution in [2.24, 2.45) is 17.8 Å². The molecule has 0 spiro atoms. The molecule has 3 atom stereocenters. The molecule has 0 saturated carbocycles. The number of ether oxygens (including phenoxy) is 2. The molecule has 2 aliphatic heterocycles. The Hall–Kier alpha value is -4.02. The van der Waals surface area contributed by atoms with Gasteiger partial charge in [0, 0.05) is 12.0 Å². The van der Waals surface area contributed by atoms with Gasteiger partial charge in [-0.3, -0.25) is 14.4 Å². The van der Waals surface area contributed by atoms with E-state index in [2.05, 4.69) is 40.7 Å². The summed E-state index contributed by atoms with van der Waals surface area (Å²) in [5.74, 6) is -2.96. The molecule has 252 valence electrons. The number of hydrogen-bond acceptors (Lipinski definition) is 5. The number of hydrogen-bond donors (Lipinski definition) is 0. The molecular weight excluding hydrogens is 629 g/mol. The van der Waals surface area contributed by atoms with Crippen LogP contribution in [0, 0.1) is 38.5 Å². The molecule has 1 saturated heterocycles. The first kappa shape index (κ1) is 36.3. The first-order valence-corrected chi connectivity index (χ1v) is 16.8. The van der Waals surface area contributed by atoms with E-state index in [-0.39, 0.29) is 59.7 Å². The number of methoxy groups -OCH3 is 1. The Kier molecular flexibility index (Phi) is 10.7. The predicted molar refractivity (Wildman–Crippen MR) is 190 cm³/mol. The van der Waals surface area contributed by atoms with E-state index in [4.69, 9.17) is 29.7 Å². The zero-order valence-electron chi connectivity index (χ0n) is 29.7. The van der Waals surface area contributed by atoms with E-state index in [1.807, 2.05) is 32.1 Å². The number of carbonyl (C=O) groups excluding carboxylic acids is 3. The Morgan fingerprint density at radius 3 is 2.27 bits per heavy atom. The minimum Gasteiger partial charge on any atom is -0.664 e. The minimum absolute atomic E-state index is 0. The third-order valence-corrected chi connectivity index (χ3v) is 10.2. The van der Waals surface area contributed by atoms with E-state index >= 15 is 0 Å². The number of fused-ring (bicyclic) bond motifs is 7. The van der Waals surface area contributed by atoms with Crippen LogP contribution in [0.2, 0.25) is 0 Å². The quantitative estimate of drug-likeness (QED) is 0.149. The normalized spacial score (nSPS) is 23.2. The van der Waals surface area contributed by atoms with Crippen molar-refractivity contribution in [1.29, 1.82) is 0 Å². The van der Waals surface area contributed by atoms with E-state index in [9.17, 15) is 14.4 Å². The minimum atomic E-state index is -1.20. The second kappa shape index (κ2) is 14.4. The summed E-state index contributed by atoms with van der Waals surface area (Å²) in [4.78, 5) is 55.4. The smallest absolute Gasteiger partial charge is 0.664 e. The second-order valence-electron chi connectivity index (χ2n) is 12.8. The van der Waals surface area contributed by atoms with Gasteiger partial charge in [0.1, 0.15) is 12.5 Å². The molecule has 0 radical (unpaired) electrons. The maximum Gasteiger partial charge on any atom is 2.00 e. The molecule has 3 aromatic rings. The number of rotatable bonds is 8. The molecular formula is C39H42MgN4O5-2. The van der Waals surface area contributed by atoms with Crippen molar-refractivity contribution in [3.05, 3.63) is 95.7 Å². The summed E-state index contributed by atoms with van der Waals surface area (Å²) < 4.78 is 10.6. The zero-order chi connectivity index (χ0) is 34.4. The fraction of sp³-hybridized carbons (Fsp3) is 0.410. The largest absolute Gasteiger partial charge is 2.00 e. The van der Waals surface area contributed by atoms with Gasteiger partial charge in [-0.05, 0) is 58.8 Å². The monoisotopic (exact) mass is 670 g/mol. The number of nitrogens with zero attached hydrogens (tertiary/aromatic N) is 4. The number of aromatic nitrogens is 3. The summed E-state index contributed by atoms with van der Waals surface area (Å²) >= 11 is 0. The van der Waals surface area contributed by atoms with E-state index in [0.717, 1.165) is 62.9 Å². The molecule has 1 fully saturated rings. The Balaban J connectivity index is 0.00000468. The summed E-state index contributed by atoms with van der Waals surface area (Å²) in [6.07, 6.45) is 11.8. The molecule has 1 aliphatic carbocycles. The van der Waals surface area contributed by atoms with Gasteiger partial charge in [0.25, 0.3) is 0 Å². The van der Waals surface area contributed by atoms with Crippen LogP contribution in [0.4, 0.5) is 0 Å². The number of Topliss-reactive ketones (excluding diaryl/α,β-unsaturated/α-hetero) is 1. The van der Waals surface area contributed by atoms with E-state index < -0.39 is 11.9 Å². The van der Waals surface area contributed by atoms with Crippen LogP contribution >= 0.6 is 0 Å². The van der Waals surface area contributed by atoms with Gasteiger partial charge in [0.15, 0.2) is 5.78 Å². The van der Waals surface area contributed by atoms with Crippen LogP contribution in [0.3, 0.4) is 0 Å². The van der Waals surface area contributed by atoms with Crippen LogP contribution in [-0.2, 0) is 31.9 Å². The number of carbonyl (C=O) groups is 3. The summed E-state index contributed by atoms with van der Waals surface area (Å²) in [7, 11) is 1.29. The molecule has 10 heteroatoms. The fourth-order valence-corrected chi connectivity index (χ4v) is 7.45. The fourth-order valence-electron chi connectivity index (χ4n) is 7.45. The van der Waals surface area contributed by atoms with E-state index in [1.165, 1.54) is 7.11 Å². The maximum absolute atomic E-state index is 14.1. The van der Waals surface area contributed by atoms with Crippen LogP contribution in [0.25, 0.3) is 29.1 Å². The predicted octanol–water partition coefficient (Wildman–Crippen LogP) is 4.48. The molecule has 8 bridgehead atoms. The number of allylic oxidation sites excluding steroid dienone is 3. The molecule has 49 heavy (non-hydrogen) atoms. The van der Waals surface area contributed by atoms with Gasteiger partial charge in [0.2, 0.25) is 0 Å². The standard InChI is InChI=1S/C39H43N4O5.Mg/c1-9-12-15-48-32(44)14-13-25-21(6)28-16-26-19(4)23(10-2)30(40-26)17-27-20(5)24(11-3)31(41-27)18-29-22(7)33-37(43-29)34(36(25)42-28)35(38(33)45)39(46)47-8;/h9,12,16-18,21,25,35H,10-11,13-15H2,1-8H3,(H-,42,43,45);/q-3;+2/p-1/b12-9+,27-17-,28-16-,31-18-;/t21-,25-,35+;/m0./s1. The summed E-state index contributed by atoms with van der Waals surface area (Å²) in [5, 5.41) is 6.83. The molecule has 3 aliphatic rings. The van der Waals surface area contributed by atoms with Crippen molar-refractivity contribution in [2.45, 2.75) is 74.1 Å². The van der Waals surface area contributed by atoms with Crippen LogP contribution in [0.1, 0.15) is 101 Å². The zero-order valence-corrected chi connectivity index (χ0v) is 31.1. The topological polar surface area (TPSA) is 126 Å². The van der Waals surface area contributed by atoms with Crippen LogP contribution in [0.5, 0.6) is 0 Å². The van der Waals surface area contributed by atoms with Gasteiger partial charge >= 0.3 is 35.0 Å². The molecule has 0 unspecified atom stereocenters. The molecule has 0 aromatic carbocycles. The molecule has 9 nitrogen and oxygen atoms in total. The first-order valence-electron chi connectivity index (χ1n) is 16.8. The van der Waals surface area contributed by atoms with Gasteiger partial charge < -0.3 is 29.7 Å². The Bertz CT molecular complexity index is 2050. The van der Waals surface area contributed by atoms with Gasteiger partial charge in [-0.15, -0.1) is 33.5 Å². The van der Waals surface area contributed by atoms with E-state index in [0.29, 0.717) is 40.2 Å². The maximum atomic E-state index is 14.1. The Morgan fingerprint density at radius 1 is 0.898 bits per heavy atom. The third kappa shape index (κ3) is 6.18. The van der Waals surface area contributed by atoms with Gasteiger partial charge in [0.05, 0.1) is 7.11 Å². The van der Waals surface area contributed by atoms with Crippen molar-refractivity contribution >= 4 is 64.6 Å². The van der Waals surface area contributed by atoms with Crippen molar-refractivity contribution < 1.29 is 23.9 Å². The average molecular weight is 671 g/mol. The molecule has 5 heterocycles. The second-order valence-corrected chi connectivity index (χ2v) is 12.8. The number of esters is 2. The van der Waals surface area contributed by atoms with Gasteiger partial charge in [-0.1, -0.05) is 84.5 Å². The van der Waals surface area contributed by atoms with Crippen molar-refractivity contribution in [3.8, 4) is 0 Å². The van der Waals surface area contributed by atoms with Crippen molar-refractivity contribution in [3.63, 3.8) is 0 Å². The first-order chi connectivity index (χ1) is 23.0. The molecule has 0 N–H and O–H groups in total. The van der Waals surface area contributed by atoms with Gasteiger partial charge in [-0.25, -0.2) is 0 Å². The Morgan fingerprint density at radius 2 is 1.59 bits per heavy atom. The van der Waals surface area contributed by atoms with Crippen LogP contribution in [-0.4, -0.2) is 54.5 Å². The number of ketones is 1. The van der Waals surface area contributed by atoms with E-state index in [1.54, 1.807) is 6.08 Å². The van der Waals surface area contributed by atoms with Crippen molar-refractivity contribution in [2.75, 3.05) is 13.7 Å². The van der Waals surface area contributed by atoms with Crippen LogP contribution < -0.4 is 25.7 Å². The van der Waals surface area contributed by atoms with Gasteiger partial charge in [-0.2, -0.15) is 11.4 Å². The molecule has 3 aromatic heterocycles. The average Bonchev–Trinajstić information content (AvgIpc) is 3.80. The van der Waals surface area contributed by atoms with Crippen molar-refractivity contribution in [1.82, 2.24) is 15.0 Å². The summed E-state index contributed by atoms with van der Waals surface area (Å²) in [5.41, 5.74) is 10.1. The van der Waals surface area contributed by atoms with Crippen LogP contribution in [0.15, 0.2) is 23.5 Å². The summed E-state index contributed by atoms with van der Waals surface area (Å²) in [6, 6.07) is 0. The Labute approximate surface area is 303 Å². The molecule has 6 rings (SSSR count). The SMILES string of the molecule is C/C=C/COC(=O)CC[C@@H]1/C2=C3/c4[n-]c(c(C)c4C(=O)[C@@H]3C(=O)OC)/C=c3\[n-]/c(c(C)c3CC)=C\c3[n-]c(c(C)c3CC)/C=C(\[N-]2)[C@H]1C.[Mg+2]. The third-order valence-electron chi connectivity index (χ3n) is 10.2. The summed E-state index contributed by atoms with van der Waals surface area (Å²) in [6.45, 7) is 14.4.